The highest BCUT2D eigenvalue weighted by atomic mass is 15.0. The van der Waals surface area contributed by atoms with Gasteiger partial charge < -0.3 is 10.1 Å². The third-order valence-electron chi connectivity index (χ3n) is 3.46. The molecule has 3 rings (SSSR count). The summed E-state index contributed by atoms with van der Waals surface area (Å²) in [5.41, 5.74) is 12.6. The molecule has 0 unspecified atom stereocenters. The molecule has 96 valence electrons. The molecule has 0 bridgehead atoms. The summed E-state index contributed by atoms with van der Waals surface area (Å²) in [6.07, 6.45) is 2.01. The maximum Gasteiger partial charge on any atom is 0.137 e. The minimum Gasteiger partial charge on any atom is -0.325 e. The summed E-state index contributed by atoms with van der Waals surface area (Å²) in [5, 5.41) is 0. The van der Waals surface area contributed by atoms with Gasteiger partial charge in [-0.1, -0.05) is 29.8 Å². The van der Waals surface area contributed by atoms with Gasteiger partial charge >= 0.3 is 0 Å². The largest absolute Gasteiger partial charge is 0.325 e. The van der Waals surface area contributed by atoms with Gasteiger partial charge in [0.25, 0.3) is 0 Å². The minimum absolute atomic E-state index is 0.480. The zero-order valence-corrected chi connectivity index (χ0v) is 11.2. The first-order chi connectivity index (χ1) is 9.20. The van der Waals surface area contributed by atoms with E-state index < -0.39 is 0 Å². The lowest BCUT2D eigenvalue weighted by Crippen LogP contribution is -2.02. The average Bonchev–Trinajstić information content (AvgIpc) is 2.76. The van der Waals surface area contributed by atoms with Crippen molar-refractivity contribution < 1.29 is 0 Å². The maximum atomic E-state index is 5.92. The number of benzene rings is 1. The molecule has 3 nitrogen and oxygen atoms in total. The molecule has 0 spiro atoms. The Morgan fingerprint density at radius 3 is 2.74 bits per heavy atom. The van der Waals surface area contributed by atoms with E-state index in [1.54, 1.807) is 0 Å². The smallest absolute Gasteiger partial charge is 0.137 e. The van der Waals surface area contributed by atoms with Crippen molar-refractivity contribution in [3.8, 4) is 11.3 Å². The number of fused-ring (bicyclic) bond motifs is 1. The van der Waals surface area contributed by atoms with Crippen LogP contribution in [-0.4, -0.2) is 9.38 Å². The quantitative estimate of drug-likeness (QED) is 0.760. The normalized spacial score (nSPS) is 11.1. The zero-order valence-electron chi connectivity index (χ0n) is 11.2. The fourth-order valence-corrected chi connectivity index (χ4v) is 2.54. The fraction of sp³-hybridized carbons (Fsp3) is 0.188. The van der Waals surface area contributed by atoms with E-state index in [0.29, 0.717) is 6.54 Å². The number of aromatic nitrogens is 2. The molecule has 3 heteroatoms. The molecular formula is C16H17N3. The molecule has 0 atom stereocenters. The van der Waals surface area contributed by atoms with E-state index in [0.717, 1.165) is 22.6 Å². The summed E-state index contributed by atoms with van der Waals surface area (Å²) < 4.78 is 2.06. The van der Waals surface area contributed by atoms with E-state index in [1.807, 2.05) is 24.4 Å². The van der Waals surface area contributed by atoms with Crippen molar-refractivity contribution in [3.05, 3.63) is 59.4 Å². The molecule has 0 radical (unpaired) electrons. The standard InChI is InChI=1S/C16H17N3/c1-11-6-7-13(12(2)9-11)16-14(10-17)19-8-4-3-5-15(19)18-16/h3-9H,10,17H2,1-2H3. The van der Waals surface area contributed by atoms with E-state index >= 15 is 0 Å². The van der Waals surface area contributed by atoms with Crippen LogP contribution in [0, 0.1) is 13.8 Å². The van der Waals surface area contributed by atoms with Crippen molar-refractivity contribution in [2.75, 3.05) is 0 Å². The number of nitrogens with two attached hydrogens (primary N) is 1. The molecule has 0 amide bonds. The average molecular weight is 251 g/mol. The maximum absolute atomic E-state index is 5.92. The Morgan fingerprint density at radius 1 is 1.16 bits per heavy atom. The van der Waals surface area contributed by atoms with Crippen molar-refractivity contribution in [2.45, 2.75) is 20.4 Å². The van der Waals surface area contributed by atoms with E-state index in [-0.39, 0.29) is 0 Å². The van der Waals surface area contributed by atoms with Gasteiger partial charge in [-0.25, -0.2) is 4.98 Å². The number of pyridine rings is 1. The predicted molar refractivity (Wildman–Crippen MR) is 78.0 cm³/mol. The van der Waals surface area contributed by atoms with E-state index in [1.165, 1.54) is 11.1 Å². The Kier molecular flexibility index (Phi) is 2.84. The number of hydrogen-bond acceptors (Lipinski definition) is 2. The number of nitrogens with zero attached hydrogens (tertiary/aromatic N) is 2. The third-order valence-corrected chi connectivity index (χ3v) is 3.46. The number of imidazole rings is 1. The van der Waals surface area contributed by atoms with Gasteiger partial charge in [0, 0.05) is 18.3 Å². The minimum atomic E-state index is 0.480. The number of rotatable bonds is 2. The van der Waals surface area contributed by atoms with Crippen molar-refractivity contribution in [3.63, 3.8) is 0 Å². The first kappa shape index (κ1) is 11.9. The van der Waals surface area contributed by atoms with Gasteiger partial charge in [0.15, 0.2) is 0 Å². The van der Waals surface area contributed by atoms with E-state index in [2.05, 4.69) is 36.4 Å². The molecule has 0 saturated carbocycles. The molecule has 0 aliphatic rings. The van der Waals surface area contributed by atoms with Crippen molar-refractivity contribution in [2.24, 2.45) is 5.73 Å². The van der Waals surface area contributed by atoms with Gasteiger partial charge in [0.1, 0.15) is 5.65 Å². The van der Waals surface area contributed by atoms with Gasteiger partial charge in [-0.2, -0.15) is 0 Å². The van der Waals surface area contributed by atoms with E-state index in [9.17, 15) is 0 Å². The van der Waals surface area contributed by atoms with Gasteiger partial charge in [-0.15, -0.1) is 0 Å². The van der Waals surface area contributed by atoms with Gasteiger partial charge in [-0.3, -0.25) is 0 Å². The topological polar surface area (TPSA) is 43.3 Å². The highest BCUT2D eigenvalue weighted by molar-refractivity contribution is 5.69. The SMILES string of the molecule is Cc1ccc(-c2nc3ccccn3c2CN)c(C)c1. The van der Waals surface area contributed by atoms with Crippen LogP contribution in [0.15, 0.2) is 42.6 Å². The van der Waals surface area contributed by atoms with Crippen LogP contribution in [-0.2, 0) is 6.54 Å². The molecule has 0 saturated heterocycles. The van der Waals surface area contributed by atoms with Crippen LogP contribution in [0.2, 0.25) is 0 Å². The van der Waals surface area contributed by atoms with E-state index in [4.69, 9.17) is 10.7 Å². The lowest BCUT2D eigenvalue weighted by atomic mass is 10.0. The summed E-state index contributed by atoms with van der Waals surface area (Å²) in [6.45, 7) is 4.70. The molecule has 2 aromatic heterocycles. The van der Waals surface area contributed by atoms with Gasteiger partial charge in [0.2, 0.25) is 0 Å². The first-order valence-electron chi connectivity index (χ1n) is 6.44. The first-order valence-corrected chi connectivity index (χ1v) is 6.44. The van der Waals surface area contributed by atoms with Crippen LogP contribution in [0.5, 0.6) is 0 Å². The Morgan fingerprint density at radius 2 is 2.00 bits per heavy atom. The lowest BCUT2D eigenvalue weighted by Gasteiger charge is -2.06. The number of aryl methyl sites for hydroxylation is 2. The third kappa shape index (κ3) is 1.92. The summed E-state index contributed by atoms with van der Waals surface area (Å²) in [7, 11) is 0. The molecule has 0 aliphatic carbocycles. The molecular weight excluding hydrogens is 234 g/mol. The lowest BCUT2D eigenvalue weighted by molar-refractivity contribution is 0.961. The summed E-state index contributed by atoms with van der Waals surface area (Å²) in [4.78, 5) is 4.73. The predicted octanol–water partition coefficient (Wildman–Crippen LogP) is 3.08. The highest BCUT2D eigenvalue weighted by Crippen LogP contribution is 2.27. The Balaban J connectivity index is 2.30. The second-order valence-corrected chi connectivity index (χ2v) is 4.86. The molecule has 19 heavy (non-hydrogen) atoms. The molecule has 0 aliphatic heterocycles. The van der Waals surface area contributed by atoms with Crippen LogP contribution in [0.4, 0.5) is 0 Å². The number of hydrogen-bond donors (Lipinski definition) is 1. The van der Waals surface area contributed by atoms with Crippen LogP contribution in [0.3, 0.4) is 0 Å². The molecule has 3 aromatic rings. The summed E-state index contributed by atoms with van der Waals surface area (Å²) in [6, 6.07) is 12.4. The molecule has 0 fully saturated rings. The molecule has 1 aromatic carbocycles. The van der Waals surface area contributed by atoms with Crippen LogP contribution in [0.25, 0.3) is 16.9 Å². The Bertz CT molecular complexity index is 741. The monoisotopic (exact) mass is 251 g/mol. The van der Waals surface area contributed by atoms with Crippen molar-refractivity contribution in [1.29, 1.82) is 0 Å². The van der Waals surface area contributed by atoms with Crippen LogP contribution >= 0.6 is 0 Å². The molecule has 2 heterocycles. The summed E-state index contributed by atoms with van der Waals surface area (Å²) in [5.74, 6) is 0. The van der Waals surface area contributed by atoms with Crippen LogP contribution < -0.4 is 5.73 Å². The van der Waals surface area contributed by atoms with Crippen LogP contribution in [0.1, 0.15) is 16.8 Å². The second kappa shape index (κ2) is 4.52. The van der Waals surface area contributed by atoms with Crippen molar-refractivity contribution >= 4 is 5.65 Å². The Hall–Kier alpha value is -2.13. The zero-order chi connectivity index (χ0) is 13.4. The Labute approximate surface area is 112 Å². The fourth-order valence-electron chi connectivity index (χ4n) is 2.54. The van der Waals surface area contributed by atoms with Crippen molar-refractivity contribution in [1.82, 2.24) is 9.38 Å². The van der Waals surface area contributed by atoms with Gasteiger partial charge in [-0.05, 0) is 31.5 Å². The van der Waals surface area contributed by atoms with Gasteiger partial charge in [0.05, 0.1) is 11.4 Å². The summed E-state index contributed by atoms with van der Waals surface area (Å²) >= 11 is 0. The second-order valence-electron chi connectivity index (χ2n) is 4.86. The molecule has 2 N–H and O–H groups in total. The highest BCUT2D eigenvalue weighted by Gasteiger charge is 2.13.